The van der Waals surface area contributed by atoms with Gasteiger partial charge in [-0.15, -0.1) is 12.4 Å². The van der Waals surface area contributed by atoms with E-state index in [4.69, 9.17) is 11.6 Å². The molecule has 0 bridgehead atoms. The molecule has 1 N–H and O–H groups in total. The summed E-state index contributed by atoms with van der Waals surface area (Å²) < 4.78 is 12.9. The number of hydrogen-bond acceptors (Lipinski definition) is 2. The molecule has 1 amide bonds. The molecular weight excluding hydrogens is 278 g/mol. The second-order valence-corrected chi connectivity index (χ2v) is 4.64. The van der Waals surface area contributed by atoms with Gasteiger partial charge in [0.15, 0.2) is 0 Å². The van der Waals surface area contributed by atoms with Crippen LogP contribution in [0.4, 0.5) is 4.39 Å². The van der Waals surface area contributed by atoms with E-state index in [1.807, 2.05) is 6.92 Å². The van der Waals surface area contributed by atoms with E-state index < -0.39 is 5.82 Å². The topological polar surface area (TPSA) is 32.3 Å². The predicted molar refractivity (Wildman–Crippen MR) is 72.0 cm³/mol. The van der Waals surface area contributed by atoms with Gasteiger partial charge in [-0.05, 0) is 25.1 Å². The van der Waals surface area contributed by atoms with E-state index in [2.05, 4.69) is 5.32 Å². The molecule has 0 saturated carbocycles. The number of benzene rings is 1. The molecule has 1 aliphatic rings. The van der Waals surface area contributed by atoms with Crippen molar-refractivity contribution >= 4 is 29.9 Å². The number of halogens is 3. The fourth-order valence-electron chi connectivity index (χ4n) is 1.95. The number of carbonyl (C=O) groups is 1. The van der Waals surface area contributed by atoms with Gasteiger partial charge < -0.3 is 10.2 Å². The number of rotatable bonds is 1. The molecule has 0 radical (unpaired) electrons. The zero-order valence-corrected chi connectivity index (χ0v) is 11.5. The second-order valence-electron chi connectivity index (χ2n) is 4.23. The molecular formula is C12H15Cl2FN2O. The van der Waals surface area contributed by atoms with Crippen LogP contribution in [0.1, 0.15) is 17.3 Å². The van der Waals surface area contributed by atoms with E-state index in [1.54, 1.807) is 4.90 Å². The summed E-state index contributed by atoms with van der Waals surface area (Å²) in [5.74, 6) is -0.566. The van der Waals surface area contributed by atoms with Crippen molar-refractivity contribution < 1.29 is 9.18 Å². The Morgan fingerprint density at radius 2 is 2.28 bits per heavy atom. The van der Waals surface area contributed by atoms with E-state index in [-0.39, 0.29) is 29.4 Å². The summed E-state index contributed by atoms with van der Waals surface area (Å²) in [6, 6.07) is 4.13. The van der Waals surface area contributed by atoms with Crippen molar-refractivity contribution in [2.24, 2.45) is 0 Å². The highest BCUT2D eigenvalue weighted by atomic mass is 35.5. The van der Waals surface area contributed by atoms with E-state index in [9.17, 15) is 9.18 Å². The number of nitrogens with zero attached hydrogens (tertiary/aromatic N) is 1. The first-order chi connectivity index (χ1) is 8.08. The minimum Gasteiger partial charge on any atom is -0.336 e. The van der Waals surface area contributed by atoms with Crippen LogP contribution in [-0.4, -0.2) is 36.5 Å². The van der Waals surface area contributed by atoms with Crippen LogP contribution in [0.15, 0.2) is 18.2 Å². The zero-order chi connectivity index (χ0) is 12.4. The molecule has 2 rings (SSSR count). The first kappa shape index (κ1) is 15.2. The van der Waals surface area contributed by atoms with Crippen molar-refractivity contribution in [1.82, 2.24) is 10.2 Å². The van der Waals surface area contributed by atoms with Crippen LogP contribution in [0, 0.1) is 5.82 Å². The van der Waals surface area contributed by atoms with Gasteiger partial charge in [0.25, 0.3) is 5.91 Å². The number of piperazine rings is 1. The SMILES string of the molecule is C[C@H]1CN(C(=O)c2ccc(F)cc2Cl)CCN1.Cl. The van der Waals surface area contributed by atoms with Gasteiger partial charge in [-0.1, -0.05) is 11.6 Å². The largest absolute Gasteiger partial charge is 0.336 e. The molecule has 1 heterocycles. The molecule has 0 aliphatic carbocycles. The average Bonchev–Trinajstić information content (AvgIpc) is 2.28. The van der Waals surface area contributed by atoms with Crippen molar-refractivity contribution in [3.05, 3.63) is 34.6 Å². The molecule has 1 atom stereocenters. The Morgan fingerprint density at radius 3 is 2.89 bits per heavy atom. The van der Waals surface area contributed by atoms with Crippen LogP contribution in [0.3, 0.4) is 0 Å². The zero-order valence-electron chi connectivity index (χ0n) is 9.95. The van der Waals surface area contributed by atoms with Crippen molar-refractivity contribution in [2.75, 3.05) is 19.6 Å². The summed E-state index contributed by atoms with van der Waals surface area (Å²) in [6.45, 7) is 4.08. The number of hydrogen-bond donors (Lipinski definition) is 1. The monoisotopic (exact) mass is 292 g/mol. The maximum absolute atomic E-state index is 12.9. The highest BCUT2D eigenvalue weighted by Crippen LogP contribution is 2.19. The van der Waals surface area contributed by atoms with Crippen LogP contribution < -0.4 is 5.32 Å². The maximum atomic E-state index is 12.9. The molecule has 1 fully saturated rings. The lowest BCUT2D eigenvalue weighted by Crippen LogP contribution is -2.51. The quantitative estimate of drug-likeness (QED) is 0.862. The standard InChI is InChI=1S/C12H14ClFN2O.ClH/c1-8-7-16(5-4-15-8)12(17)10-3-2-9(14)6-11(10)13;/h2-3,6,8,15H,4-5,7H2,1H3;1H/t8-;/m0./s1. The summed E-state index contributed by atoms with van der Waals surface area (Å²) in [5.41, 5.74) is 0.363. The van der Waals surface area contributed by atoms with Gasteiger partial charge in [-0.25, -0.2) is 4.39 Å². The molecule has 1 aromatic rings. The van der Waals surface area contributed by atoms with E-state index in [0.29, 0.717) is 18.7 Å². The molecule has 18 heavy (non-hydrogen) atoms. The van der Waals surface area contributed by atoms with Gasteiger partial charge in [-0.2, -0.15) is 0 Å². The number of nitrogens with one attached hydrogen (secondary N) is 1. The van der Waals surface area contributed by atoms with Crippen molar-refractivity contribution in [3.8, 4) is 0 Å². The molecule has 6 heteroatoms. The third-order valence-corrected chi connectivity index (χ3v) is 3.13. The van der Waals surface area contributed by atoms with Crippen molar-refractivity contribution in [2.45, 2.75) is 13.0 Å². The highest BCUT2D eigenvalue weighted by Gasteiger charge is 2.23. The molecule has 0 unspecified atom stereocenters. The minimum atomic E-state index is -0.430. The maximum Gasteiger partial charge on any atom is 0.255 e. The lowest BCUT2D eigenvalue weighted by atomic mass is 10.1. The Balaban J connectivity index is 0.00000162. The van der Waals surface area contributed by atoms with Crippen molar-refractivity contribution in [1.29, 1.82) is 0 Å². The van der Waals surface area contributed by atoms with Crippen molar-refractivity contribution in [3.63, 3.8) is 0 Å². The van der Waals surface area contributed by atoms with Gasteiger partial charge in [-0.3, -0.25) is 4.79 Å². The Labute approximate surface area is 117 Å². The molecule has 1 saturated heterocycles. The third-order valence-electron chi connectivity index (χ3n) is 2.82. The molecule has 1 aliphatic heterocycles. The summed E-state index contributed by atoms with van der Waals surface area (Å²) in [5, 5.41) is 3.42. The normalized spacial score (nSPS) is 19.3. The predicted octanol–water partition coefficient (Wildman–Crippen LogP) is 2.33. The Bertz CT molecular complexity index is 442. The number of amides is 1. The summed E-state index contributed by atoms with van der Waals surface area (Å²) in [7, 11) is 0. The van der Waals surface area contributed by atoms with Gasteiger partial charge in [0.05, 0.1) is 10.6 Å². The fraction of sp³-hybridized carbons (Fsp3) is 0.417. The Kier molecular flexibility index (Phi) is 5.38. The first-order valence-corrected chi connectivity index (χ1v) is 5.93. The van der Waals surface area contributed by atoms with Crippen LogP contribution in [0.2, 0.25) is 5.02 Å². The van der Waals surface area contributed by atoms with Crippen LogP contribution in [0.5, 0.6) is 0 Å². The Morgan fingerprint density at radius 1 is 1.56 bits per heavy atom. The van der Waals surface area contributed by atoms with Crippen LogP contribution in [0.25, 0.3) is 0 Å². The van der Waals surface area contributed by atoms with Crippen LogP contribution >= 0.6 is 24.0 Å². The molecule has 1 aromatic carbocycles. The summed E-state index contributed by atoms with van der Waals surface area (Å²) in [6.07, 6.45) is 0. The Hall–Kier alpha value is -0.840. The van der Waals surface area contributed by atoms with Gasteiger partial charge in [0.2, 0.25) is 0 Å². The highest BCUT2D eigenvalue weighted by molar-refractivity contribution is 6.33. The third kappa shape index (κ3) is 3.34. The van der Waals surface area contributed by atoms with Gasteiger partial charge >= 0.3 is 0 Å². The lowest BCUT2D eigenvalue weighted by Gasteiger charge is -2.32. The van der Waals surface area contributed by atoms with Gasteiger partial charge in [0.1, 0.15) is 5.82 Å². The average molecular weight is 293 g/mol. The van der Waals surface area contributed by atoms with Gasteiger partial charge in [0, 0.05) is 25.7 Å². The van der Waals surface area contributed by atoms with Crippen LogP contribution in [-0.2, 0) is 0 Å². The smallest absolute Gasteiger partial charge is 0.255 e. The molecule has 0 spiro atoms. The first-order valence-electron chi connectivity index (χ1n) is 5.55. The molecule has 3 nitrogen and oxygen atoms in total. The number of carbonyl (C=O) groups excluding carboxylic acids is 1. The summed E-state index contributed by atoms with van der Waals surface area (Å²) in [4.78, 5) is 13.9. The second kappa shape index (κ2) is 6.36. The van der Waals surface area contributed by atoms with E-state index >= 15 is 0 Å². The van der Waals surface area contributed by atoms with E-state index in [0.717, 1.165) is 6.54 Å². The molecule has 100 valence electrons. The molecule has 0 aromatic heterocycles. The summed E-state index contributed by atoms with van der Waals surface area (Å²) >= 11 is 5.88. The lowest BCUT2D eigenvalue weighted by molar-refractivity contribution is 0.0709. The van der Waals surface area contributed by atoms with E-state index in [1.165, 1.54) is 18.2 Å². The minimum absolute atomic E-state index is 0. The fourth-order valence-corrected chi connectivity index (χ4v) is 2.20.